The fourth-order valence-electron chi connectivity index (χ4n) is 1.79. The van der Waals surface area contributed by atoms with Gasteiger partial charge in [-0.05, 0) is 35.9 Å². The van der Waals surface area contributed by atoms with Crippen LogP contribution in [0.15, 0.2) is 36.4 Å². The first-order chi connectivity index (χ1) is 10.4. The van der Waals surface area contributed by atoms with Crippen LogP contribution in [0, 0.1) is 0 Å². The minimum atomic E-state index is -0.320. The standard InChI is InChI=1S/C16H11Cl3O3/c1-22-14-7-3-9(8-13(14)21)2-6-12(20)10-4-5-11(17)16(19)15(10)18/h2-8,21H,1H3/b6-2+. The summed E-state index contributed by atoms with van der Waals surface area (Å²) >= 11 is 17.7. The van der Waals surface area contributed by atoms with Crippen molar-refractivity contribution >= 4 is 46.7 Å². The summed E-state index contributed by atoms with van der Waals surface area (Å²) < 4.78 is 4.95. The Kier molecular flexibility index (Phi) is 5.35. The highest BCUT2D eigenvalue weighted by Crippen LogP contribution is 2.33. The zero-order valence-electron chi connectivity index (χ0n) is 11.4. The Bertz CT molecular complexity index is 755. The molecule has 0 amide bonds. The average Bonchev–Trinajstić information content (AvgIpc) is 2.50. The van der Waals surface area contributed by atoms with Crippen molar-refractivity contribution in [3.63, 3.8) is 0 Å². The van der Waals surface area contributed by atoms with E-state index in [2.05, 4.69) is 0 Å². The lowest BCUT2D eigenvalue weighted by Crippen LogP contribution is -1.96. The van der Waals surface area contributed by atoms with Crippen LogP contribution in [0.3, 0.4) is 0 Å². The highest BCUT2D eigenvalue weighted by Gasteiger charge is 2.13. The first-order valence-electron chi connectivity index (χ1n) is 6.17. The molecule has 2 rings (SSSR count). The number of rotatable bonds is 4. The number of ketones is 1. The van der Waals surface area contributed by atoms with Gasteiger partial charge in [0.15, 0.2) is 17.3 Å². The highest BCUT2D eigenvalue weighted by molar-refractivity contribution is 6.49. The van der Waals surface area contributed by atoms with E-state index >= 15 is 0 Å². The van der Waals surface area contributed by atoms with Crippen LogP contribution in [0.25, 0.3) is 6.08 Å². The summed E-state index contributed by atoms with van der Waals surface area (Å²) in [4.78, 5) is 12.2. The second-order valence-corrected chi connectivity index (χ2v) is 5.51. The number of methoxy groups -OCH3 is 1. The predicted molar refractivity (Wildman–Crippen MR) is 89.5 cm³/mol. The molecule has 0 saturated heterocycles. The fraction of sp³-hybridized carbons (Fsp3) is 0.0625. The smallest absolute Gasteiger partial charge is 0.187 e. The maximum atomic E-state index is 12.2. The summed E-state index contributed by atoms with van der Waals surface area (Å²) in [6.07, 6.45) is 2.90. The lowest BCUT2D eigenvalue weighted by Gasteiger charge is -2.04. The second kappa shape index (κ2) is 7.05. The lowest BCUT2D eigenvalue weighted by atomic mass is 10.1. The van der Waals surface area contributed by atoms with Crippen molar-refractivity contribution < 1.29 is 14.6 Å². The molecule has 3 nitrogen and oxygen atoms in total. The van der Waals surface area contributed by atoms with Gasteiger partial charge in [0.05, 0.1) is 22.2 Å². The molecule has 0 aromatic heterocycles. The molecule has 2 aromatic carbocycles. The number of hydrogen-bond acceptors (Lipinski definition) is 3. The van der Waals surface area contributed by atoms with Crippen LogP contribution in [0.1, 0.15) is 15.9 Å². The SMILES string of the molecule is COc1ccc(/C=C/C(=O)c2ccc(Cl)c(Cl)c2Cl)cc1O. The first kappa shape index (κ1) is 16.7. The number of carbonyl (C=O) groups is 1. The normalized spacial score (nSPS) is 10.9. The molecule has 0 aliphatic heterocycles. The zero-order valence-corrected chi connectivity index (χ0v) is 13.7. The van der Waals surface area contributed by atoms with Crippen LogP contribution in [-0.4, -0.2) is 18.0 Å². The van der Waals surface area contributed by atoms with E-state index in [4.69, 9.17) is 39.5 Å². The van der Waals surface area contributed by atoms with Crippen molar-refractivity contribution in [2.75, 3.05) is 7.11 Å². The van der Waals surface area contributed by atoms with Gasteiger partial charge in [-0.2, -0.15) is 0 Å². The number of ether oxygens (including phenoxy) is 1. The summed E-state index contributed by atoms with van der Waals surface area (Å²) in [7, 11) is 1.46. The Balaban J connectivity index is 2.25. The Morgan fingerprint density at radius 3 is 2.50 bits per heavy atom. The molecule has 0 aliphatic carbocycles. The van der Waals surface area contributed by atoms with E-state index < -0.39 is 0 Å². The summed E-state index contributed by atoms with van der Waals surface area (Å²) in [5.41, 5.74) is 0.896. The number of benzene rings is 2. The van der Waals surface area contributed by atoms with Gasteiger partial charge in [0.2, 0.25) is 0 Å². The molecule has 114 valence electrons. The largest absolute Gasteiger partial charge is 0.504 e. The predicted octanol–water partition coefficient (Wildman–Crippen LogP) is 5.26. The highest BCUT2D eigenvalue weighted by atomic mass is 35.5. The van der Waals surface area contributed by atoms with Crippen molar-refractivity contribution in [2.24, 2.45) is 0 Å². The number of allylic oxidation sites excluding steroid dienone is 1. The molecule has 0 spiro atoms. The van der Waals surface area contributed by atoms with Gasteiger partial charge < -0.3 is 9.84 Å². The van der Waals surface area contributed by atoms with Crippen molar-refractivity contribution in [1.82, 2.24) is 0 Å². The maximum absolute atomic E-state index is 12.2. The van der Waals surface area contributed by atoms with Gasteiger partial charge in [0.25, 0.3) is 0 Å². The lowest BCUT2D eigenvalue weighted by molar-refractivity contribution is 0.104. The van der Waals surface area contributed by atoms with E-state index in [1.165, 1.54) is 31.4 Å². The molecule has 0 atom stereocenters. The van der Waals surface area contributed by atoms with Crippen LogP contribution in [0.5, 0.6) is 11.5 Å². The van der Waals surface area contributed by atoms with Gasteiger partial charge in [-0.15, -0.1) is 0 Å². The average molecular weight is 358 g/mol. The minimum Gasteiger partial charge on any atom is -0.504 e. The van der Waals surface area contributed by atoms with E-state index in [1.54, 1.807) is 18.2 Å². The van der Waals surface area contributed by atoms with Gasteiger partial charge in [-0.1, -0.05) is 46.9 Å². The first-order valence-corrected chi connectivity index (χ1v) is 7.30. The topological polar surface area (TPSA) is 46.5 Å². The molecular weight excluding hydrogens is 347 g/mol. The van der Waals surface area contributed by atoms with Crippen molar-refractivity contribution in [3.05, 3.63) is 62.6 Å². The number of phenols is 1. The van der Waals surface area contributed by atoms with E-state index in [0.29, 0.717) is 11.3 Å². The van der Waals surface area contributed by atoms with Gasteiger partial charge >= 0.3 is 0 Å². The minimum absolute atomic E-state index is 0.00957. The van der Waals surface area contributed by atoms with E-state index in [-0.39, 0.29) is 32.2 Å². The molecule has 0 saturated carbocycles. The van der Waals surface area contributed by atoms with E-state index in [1.807, 2.05) is 0 Å². The van der Waals surface area contributed by atoms with Crippen LogP contribution in [0.2, 0.25) is 15.1 Å². The maximum Gasteiger partial charge on any atom is 0.187 e. The molecule has 0 unspecified atom stereocenters. The fourth-order valence-corrected chi connectivity index (χ4v) is 2.42. The van der Waals surface area contributed by atoms with Gasteiger partial charge in [-0.25, -0.2) is 0 Å². The molecular formula is C16H11Cl3O3. The molecule has 0 heterocycles. The van der Waals surface area contributed by atoms with Gasteiger partial charge in [0, 0.05) is 5.56 Å². The van der Waals surface area contributed by atoms with E-state index in [9.17, 15) is 9.90 Å². The van der Waals surface area contributed by atoms with Crippen molar-refractivity contribution in [2.45, 2.75) is 0 Å². The monoisotopic (exact) mass is 356 g/mol. The molecule has 0 radical (unpaired) electrons. The van der Waals surface area contributed by atoms with Crippen molar-refractivity contribution in [1.29, 1.82) is 0 Å². The number of hydrogen-bond donors (Lipinski definition) is 1. The summed E-state index contributed by atoms with van der Waals surface area (Å²) in [6, 6.07) is 7.81. The van der Waals surface area contributed by atoms with E-state index in [0.717, 1.165) is 0 Å². The second-order valence-electron chi connectivity index (χ2n) is 4.35. The van der Waals surface area contributed by atoms with Gasteiger partial charge in [-0.3, -0.25) is 4.79 Å². The molecule has 2 aromatic rings. The molecule has 0 bridgehead atoms. The Morgan fingerprint density at radius 2 is 1.86 bits per heavy atom. The Labute approximate surface area is 142 Å². The number of carbonyl (C=O) groups excluding carboxylic acids is 1. The van der Waals surface area contributed by atoms with Crippen LogP contribution in [0.4, 0.5) is 0 Å². The number of halogens is 3. The third kappa shape index (κ3) is 3.55. The molecule has 0 fully saturated rings. The third-order valence-corrected chi connectivity index (χ3v) is 4.22. The van der Waals surface area contributed by atoms with Crippen LogP contribution in [-0.2, 0) is 0 Å². The number of phenolic OH excluding ortho intramolecular Hbond substituents is 1. The van der Waals surface area contributed by atoms with Crippen LogP contribution >= 0.6 is 34.8 Å². The molecule has 6 heteroatoms. The third-order valence-electron chi connectivity index (χ3n) is 2.93. The van der Waals surface area contributed by atoms with Crippen LogP contribution < -0.4 is 4.74 Å². The summed E-state index contributed by atoms with van der Waals surface area (Å²) in [6.45, 7) is 0. The molecule has 22 heavy (non-hydrogen) atoms. The zero-order chi connectivity index (χ0) is 16.3. The quantitative estimate of drug-likeness (QED) is 0.461. The summed E-state index contributed by atoms with van der Waals surface area (Å²) in [5.74, 6) is 0.0274. The summed E-state index contributed by atoms with van der Waals surface area (Å²) in [5, 5.41) is 10.2. The Hall–Kier alpha value is -1.68. The number of aromatic hydroxyl groups is 1. The Morgan fingerprint density at radius 1 is 1.14 bits per heavy atom. The molecule has 1 N–H and O–H groups in total. The van der Waals surface area contributed by atoms with Crippen molar-refractivity contribution in [3.8, 4) is 11.5 Å². The molecule has 0 aliphatic rings. The van der Waals surface area contributed by atoms with Gasteiger partial charge in [0.1, 0.15) is 0 Å².